The van der Waals surface area contributed by atoms with E-state index in [1.165, 1.54) is 20.1 Å². The number of aryl methyl sites for hydroxylation is 1. The lowest BCUT2D eigenvalue weighted by Gasteiger charge is -2.25. The highest BCUT2D eigenvalue weighted by Crippen LogP contribution is 2.29. The lowest BCUT2D eigenvalue weighted by Crippen LogP contribution is -2.35. The smallest absolute Gasteiger partial charge is 0.263 e. The number of imidazole rings is 1. The fourth-order valence-electron chi connectivity index (χ4n) is 2.12. The van der Waals surface area contributed by atoms with Gasteiger partial charge in [-0.1, -0.05) is 11.6 Å². The number of sulfonamides is 1. The van der Waals surface area contributed by atoms with Crippen LogP contribution in [0.3, 0.4) is 0 Å². The number of fused-ring (bicyclic) bond motifs is 1. The van der Waals surface area contributed by atoms with Crippen LogP contribution in [0.1, 0.15) is 10.4 Å². The highest BCUT2D eigenvalue weighted by atomic mass is 35.5. The Hall–Kier alpha value is -0.890. The predicted octanol–water partition coefficient (Wildman–Crippen LogP) is 1.88. The van der Waals surface area contributed by atoms with Crippen molar-refractivity contribution in [2.24, 2.45) is 7.05 Å². The van der Waals surface area contributed by atoms with Crippen molar-refractivity contribution in [2.75, 3.05) is 6.54 Å². The second-order valence-corrected chi connectivity index (χ2v) is 7.62. The van der Waals surface area contributed by atoms with Crippen molar-refractivity contribution in [1.29, 1.82) is 0 Å². The van der Waals surface area contributed by atoms with Crippen LogP contribution in [0, 0.1) is 0 Å². The molecule has 2 aromatic heterocycles. The van der Waals surface area contributed by atoms with E-state index >= 15 is 0 Å². The molecule has 1 aliphatic heterocycles. The van der Waals surface area contributed by atoms with Crippen LogP contribution in [0.15, 0.2) is 22.8 Å². The predicted molar refractivity (Wildman–Crippen MR) is 73.8 cm³/mol. The summed E-state index contributed by atoms with van der Waals surface area (Å²) in [5.41, 5.74) is 1.08. The molecule has 0 N–H and O–H groups in total. The van der Waals surface area contributed by atoms with Gasteiger partial charge in [-0.15, -0.1) is 11.3 Å². The van der Waals surface area contributed by atoms with Gasteiger partial charge in [0, 0.05) is 25.0 Å². The molecule has 19 heavy (non-hydrogen) atoms. The minimum absolute atomic E-state index is 0.0599. The molecule has 1 aliphatic rings. The van der Waals surface area contributed by atoms with Gasteiger partial charge in [0.1, 0.15) is 5.15 Å². The molecule has 0 saturated heterocycles. The summed E-state index contributed by atoms with van der Waals surface area (Å²) >= 11 is 7.66. The Morgan fingerprint density at radius 1 is 1.47 bits per heavy atom. The van der Waals surface area contributed by atoms with E-state index in [9.17, 15) is 8.42 Å². The monoisotopic (exact) mass is 317 g/mol. The number of nitrogens with zero attached hydrogens (tertiary/aromatic N) is 3. The molecular weight excluding hydrogens is 306 g/mol. The lowest BCUT2D eigenvalue weighted by atomic mass is 10.1. The molecule has 102 valence electrons. The van der Waals surface area contributed by atoms with E-state index < -0.39 is 10.0 Å². The first-order chi connectivity index (χ1) is 9.00. The van der Waals surface area contributed by atoms with E-state index in [-0.39, 0.29) is 10.2 Å². The molecular formula is C11H12ClN3O2S2. The summed E-state index contributed by atoms with van der Waals surface area (Å²) in [6, 6.07) is 1.97. The van der Waals surface area contributed by atoms with Crippen LogP contribution in [-0.2, 0) is 30.0 Å². The third kappa shape index (κ3) is 2.10. The fraction of sp³-hybridized carbons (Fsp3) is 0.364. The minimum Gasteiger partial charge on any atom is -0.324 e. The van der Waals surface area contributed by atoms with E-state index in [0.717, 1.165) is 12.0 Å². The molecule has 0 amide bonds. The Kier molecular flexibility index (Phi) is 3.17. The highest BCUT2D eigenvalue weighted by Gasteiger charge is 2.32. The summed E-state index contributed by atoms with van der Waals surface area (Å²) in [4.78, 5) is 5.17. The van der Waals surface area contributed by atoms with Gasteiger partial charge in [0.2, 0.25) is 5.03 Å². The highest BCUT2D eigenvalue weighted by molar-refractivity contribution is 7.89. The van der Waals surface area contributed by atoms with Crippen LogP contribution in [0.25, 0.3) is 0 Å². The van der Waals surface area contributed by atoms with E-state index in [2.05, 4.69) is 4.98 Å². The zero-order valence-electron chi connectivity index (χ0n) is 10.2. The molecule has 0 fully saturated rings. The van der Waals surface area contributed by atoms with E-state index in [0.29, 0.717) is 13.1 Å². The van der Waals surface area contributed by atoms with Gasteiger partial charge in [-0.25, -0.2) is 13.4 Å². The van der Waals surface area contributed by atoms with Crippen LogP contribution in [-0.4, -0.2) is 28.8 Å². The second-order valence-electron chi connectivity index (χ2n) is 4.41. The summed E-state index contributed by atoms with van der Waals surface area (Å²) in [6.45, 7) is 0.872. The third-order valence-corrected chi connectivity index (χ3v) is 6.55. The van der Waals surface area contributed by atoms with Gasteiger partial charge in [-0.05, 0) is 23.4 Å². The van der Waals surface area contributed by atoms with Gasteiger partial charge < -0.3 is 4.57 Å². The van der Waals surface area contributed by atoms with Crippen LogP contribution in [0.5, 0.6) is 0 Å². The number of rotatable bonds is 2. The molecule has 3 rings (SSSR count). The molecule has 5 nitrogen and oxygen atoms in total. The molecule has 0 atom stereocenters. The zero-order valence-corrected chi connectivity index (χ0v) is 12.6. The first kappa shape index (κ1) is 13.1. The molecule has 0 radical (unpaired) electrons. The maximum absolute atomic E-state index is 12.5. The molecule has 0 unspecified atom stereocenters. The van der Waals surface area contributed by atoms with Gasteiger partial charge in [0.05, 0.1) is 6.33 Å². The number of hydrogen-bond donors (Lipinski definition) is 0. The molecule has 3 heterocycles. The van der Waals surface area contributed by atoms with Crippen LogP contribution in [0.4, 0.5) is 0 Å². The quantitative estimate of drug-likeness (QED) is 0.850. The number of thiophene rings is 1. The van der Waals surface area contributed by atoms with Gasteiger partial charge >= 0.3 is 0 Å². The number of aromatic nitrogens is 2. The minimum atomic E-state index is -3.62. The largest absolute Gasteiger partial charge is 0.324 e. The number of halogens is 1. The first-order valence-corrected chi connectivity index (χ1v) is 8.42. The molecule has 0 bridgehead atoms. The van der Waals surface area contributed by atoms with E-state index in [1.807, 2.05) is 11.4 Å². The van der Waals surface area contributed by atoms with E-state index in [4.69, 9.17) is 11.6 Å². The normalized spacial score (nSPS) is 16.5. The summed E-state index contributed by atoms with van der Waals surface area (Å²) in [5, 5.41) is 2.08. The average molecular weight is 318 g/mol. The third-order valence-electron chi connectivity index (χ3n) is 3.19. The van der Waals surface area contributed by atoms with Crippen molar-refractivity contribution in [1.82, 2.24) is 13.9 Å². The van der Waals surface area contributed by atoms with Crippen LogP contribution < -0.4 is 0 Å². The number of hydrogen-bond acceptors (Lipinski definition) is 4. The zero-order chi connectivity index (χ0) is 13.6. The lowest BCUT2D eigenvalue weighted by molar-refractivity contribution is 0.392. The molecule has 0 aromatic carbocycles. The Labute approximate surface area is 120 Å². The summed E-state index contributed by atoms with van der Waals surface area (Å²) < 4.78 is 28.0. The maximum Gasteiger partial charge on any atom is 0.263 e. The molecule has 8 heteroatoms. The standard InChI is InChI=1S/C11H12ClN3O2S2/c1-14-7-13-11(10(14)12)19(16,17)15-4-2-9-8(6-15)3-5-18-9/h3,5,7H,2,4,6H2,1H3. The molecule has 0 saturated carbocycles. The van der Waals surface area contributed by atoms with Gasteiger partial charge in [-0.3, -0.25) is 0 Å². The molecule has 0 spiro atoms. The first-order valence-electron chi connectivity index (χ1n) is 5.72. The molecule has 2 aromatic rings. The van der Waals surface area contributed by atoms with Crippen molar-refractivity contribution >= 4 is 33.0 Å². The van der Waals surface area contributed by atoms with Gasteiger partial charge in [-0.2, -0.15) is 4.31 Å². The van der Waals surface area contributed by atoms with Crippen molar-refractivity contribution in [3.63, 3.8) is 0 Å². The van der Waals surface area contributed by atoms with E-state index in [1.54, 1.807) is 18.4 Å². The fourth-order valence-corrected chi connectivity index (χ4v) is 4.81. The second kappa shape index (κ2) is 4.59. The summed E-state index contributed by atoms with van der Waals surface area (Å²) in [6.07, 6.45) is 2.16. The SMILES string of the molecule is Cn1cnc(S(=O)(=O)N2CCc3sccc3C2)c1Cl. The van der Waals surface area contributed by atoms with Crippen molar-refractivity contribution in [2.45, 2.75) is 18.0 Å². The Balaban J connectivity index is 1.97. The Morgan fingerprint density at radius 2 is 2.26 bits per heavy atom. The van der Waals surface area contributed by atoms with Crippen LogP contribution in [0.2, 0.25) is 5.15 Å². The van der Waals surface area contributed by atoms with Crippen LogP contribution >= 0.6 is 22.9 Å². The van der Waals surface area contributed by atoms with Gasteiger partial charge in [0.25, 0.3) is 10.0 Å². The van der Waals surface area contributed by atoms with Gasteiger partial charge in [0.15, 0.2) is 0 Å². The van der Waals surface area contributed by atoms with Crippen molar-refractivity contribution in [3.8, 4) is 0 Å². The van der Waals surface area contributed by atoms with Crippen molar-refractivity contribution in [3.05, 3.63) is 33.4 Å². The Morgan fingerprint density at radius 3 is 2.95 bits per heavy atom. The molecule has 0 aliphatic carbocycles. The summed E-state index contributed by atoms with van der Waals surface area (Å²) in [7, 11) is -1.95. The summed E-state index contributed by atoms with van der Waals surface area (Å²) in [5.74, 6) is 0. The topological polar surface area (TPSA) is 55.2 Å². The average Bonchev–Trinajstić information content (AvgIpc) is 2.96. The maximum atomic E-state index is 12.5. The van der Waals surface area contributed by atoms with Crippen molar-refractivity contribution < 1.29 is 8.42 Å². The Bertz CT molecular complexity index is 720.